The molecule has 0 aromatic heterocycles. The molecular weight excluding hydrogens is 285 g/mol. The Kier molecular flexibility index (Phi) is 4.09. The molecule has 0 unspecified atom stereocenters. The predicted molar refractivity (Wildman–Crippen MR) is 72.3 cm³/mol. The molecule has 106 valence electrons. The second-order valence-corrected chi connectivity index (χ2v) is 4.93. The van der Waals surface area contributed by atoms with Crippen LogP contribution in [0.1, 0.15) is 5.56 Å². The summed E-state index contributed by atoms with van der Waals surface area (Å²) in [4.78, 5) is 0. The number of ether oxygens (including phenoxy) is 1. The molecule has 2 aromatic rings. The zero-order chi connectivity index (χ0) is 14.6. The molecule has 2 rings (SSSR count). The van der Waals surface area contributed by atoms with Crippen molar-refractivity contribution in [1.29, 1.82) is 0 Å². The summed E-state index contributed by atoms with van der Waals surface area (Å²) in [6.07, 6.45) is 0. The van der Waals surface area contributed by atoms with Gasteiger partial charge in [0.05, 0.1) is 0 Å². The van der Waals surface area contributed by atoms with Crippen LogP contribution in [0.4, 0.5) is 9.57 Å². The van der Waals surface area contributed by atoms with Crippen LogP contribution >= 0.6 is 0 Å². The van der Waals surface area contributed by atoms with Crippen molar-refractivity contribution in [1.82, 2.24) is 0 Å². The van der Waals surface area contributed by atoms with Gasteiger partial charge in [0.15, 0.2) is 0 Å². The summed E-state index contributed by atoms with van der Waals surface area (Å²) in [7, 11) is -5.00. The Bertz CT molecular complexity index is 686. The Balaban J connectivity index is 1.97. The summed E-state index contributed by atoms with van der Waals surface area (Å²) in [5.74, 6) is 0.525. The van der Waals surface area contributed by atoms with Gasteiger partial charge in [0, 0.05) is 11.8 Å². The molecule has 2 aromatic carbocycles. The lowest BCUT2D eigenvalue weighted by Crippen LogP contribution is -2.01. The number of rotatable bonds is 5. The quantitative estimate of drug-likeness (QED) is 0.677. The second-order valence-electron chi connectivity index (χ2n) is 3.98. The Labute approximate surface area is 116 Å². The van der Waals surface area contributed by atoms with Crippen molar-refractivity contribution in [2.45, 2.75) is 6.61 Å². The first kappa shape index (κ1) is 14.1. The highest BCUT2D eigenvalue weighted by Gasteiger charge is 2.09. The maximum Gasteiger partial charge on any atom is 0.488 e. The summed E-state index contributed by atoms with van der Waals surface area (Å²) < 4.78 is 42.5. The van der Waals surface area contributed by atoms with Crippen molar-refractivity contribution in [3.63, 3.8) is 0 Å². The highest BCUT2D eigenvalue weighted by atomic mass is 32.3. The molecule has 0 radical (unpaired) electrons. The smallest absolute Gasteiger partial charge is 0.488 e. The van der Waals surface area contributed by atoms with Crippen LogP contribution in [0, 0.1) is 0 Å². The Morgan fingerprint density at radius 3 is 2.35 bits per heavy atom. The van der Waals surface area contributed by atoms with Crippen molar-refractivity contribution >= 4 is 16.2 Å². The van der Waals surface area contributed by atoms with Crippen molar-refractivity contribution in [3.05, 3.63) is 54.1 Å². The lowest BCUT2D eigenvalue weighted by Gasteiger charge is -2.07. The third-order valence-electron chi connectivity index (χ3n) is 2.38. The van der Waals surface area contributed by atoms with Crippen molar-refractivity contribution in [3.8, 4) is 11.5 Å². The summed E-state index contributed by atoms with van der Waals surface area (Å²) >= 11 is 0. The third kappa shape index (κ3) is 4.43. The van der Waals surface area contributed by atoms with Gasteiger partial charge in [0.25, 0.3) is 0 Å². The van der Waals surface area contributed by atoms with Crippen molar-refractivity contribution in [2.24, 2.45) is 0 Å². The summed E-state index contributed by atoms with van der Waals surface area (Å²) in [6, 6.07) is 12.8. The fraction of sp³-hybridized carbons (Fsp3) is 0.0769. The van der Waals surface area contributed by atoms with Gasteiger partial charge in [-0.05, 0) is 29.8 Å². The highest BCUT2D eigenvalue weighted by molar-refractivity contribution is 7.81. The second kappa shape index (κ2) is 5.79. The van der Waals surface area contributed by atoms with Gasteiger partial charge < -0.3 is 14.7 Å². The molecule has 0 saturated heterocycles. The molecule has 0 atom stereocenters. The summed E-state index contributed by atoms with van der Waals surface area (Å²) in [5.41, 5.74) is 6.99. The average molecular weight is 297 g/mol. The van der Waals surface area contributed by atoms with E-state index < -0.39 is 10.5 Å². The van der Waals surface area contributed by atoms with Crippen LogP contribution in [0.2, 0.25) is 0 Å². The van der Waals surface area contributed by atoms with Crippen LogP contribution in [0.25, 0.3) is 0 Å². The molecule has 0 amide bonds. The molecule has 0 saturated carbocycles. The van der Waals surface area contributed by atoms with Gasteiger partial charge in [-0.2, -0.15) is 8.42 Å². The number of benzene rings is 2. The zero-order valence-electron chi connectivity index (χ0n) is 10.3. The minimum atomic E-state index is -5.00. The number of nitrogens with two attached hydrogens (primary N) is 1. The summed E-state index contributed by atoms with van der Waals surface area (Å²) in [5, 5.41) is 0. The molecular formula is C13H12FNO4S. The van der Waals surface area contributed by atoms with E-state index in [0.29, 0.717) is 11.4 Å². The van der Waals surface area contributed by atoms with Gasteiger partial charge in [-0.25, -0.2) is 0 Å². The van der Waals surface area contributed by atoms with Gasteiger partial charge >= 0.3 is 10.5 Å². The fourth-order valence-corrected chi connectivity index (χ4v) is 1.87. The van der Waals surface area contributed by atoms with E-state index in [-0.39, 0.29) is 12.4 Å². The Morgan fingerprint density at radius 2 is 1.75 bits per heavy atom. The van der Waals surface area contributed by atoms with Crippen LogP contribution in [-0.2, 0) is 17.1 Å². The van der Waals surface area contributed by atoms with E-state index in [1.165, 1.54) is 12.1 Å². The van der Waals surface area contributed by atoms with Gasteiger partial charge in [0.1, 0.15) is 18.1 Å². The van der Waals surface area contributed by atoms with Gasteiger partial charge in [-0.1, -0.05) is 22.1 Å². The lowest BCUT2D eigenvalue weighted by atomic mass is 10.2. The molecule has 0 aliphatic heterocycles. The normalized spacial score (nSPS) is 11.1. The van der Waals surface area contributed by atoms with Crippen molar-refractivity contribution in [2.75, 3.05) is 5.73 Å². The zero-order valence-corrected chi connectivity index (χ0v) is 11.1. The summed E-state index contributed by atoms with van der Waals surface area (Å²) in [6.45, 7) is 0.270. The average Bonchev–Trinajstić information content (AvgIpc) is 2.36. The highest BCUT2D eigenvalue weighted by Crippen LogP contribution is 2.18. The van der Waals surface area contributed by atoms with E-state index >= 15 is 0 Å². The first-order valence-corrected chi connectivity index (χ1v) is 6.94. The molecule has 7 heteroatoms. The van der Waals surface area contributed by atoms with E-state index in [4.69, 9.17) is 10.5 Å². The number of nitrogen functional groups attached to an aromatic ring is 1. The fourth-order valence-electron chi connectivity index (χ4n) is 1.53. The molecule has 0 aliphatic rings. The van der Waals surface area contributed by atoms with Gasteiger partial charge in [-0.15, -0.1) is 0 Å². The van der Waals surface area contributed by atoms with Crippen molar-refractivity contribution < 1.29 is 21.2 Å². The maximum absolute atomic E-state index is 12.3. The molecule has 0 bridgehead atoms. The molecule has 2 N–H and O–H groups in total. The minimum Gasteiger partial charge on any atom is -0.489 e. The third-order valence-corrected chi connectivity index (χ3v) is 2.77. The molecule has 20 heavy (non-hydrogen) atoms. The standard InChI is InChI=1S/C13H12FNO4S/c14-20(16,17)19-12-6-4-10(5-7-12)9-18-13-3-1-2-11(15)8-13/h1-8H,9,15H2. The van der Waals surface area contributed by atoms with E-state index in [2.05, 4.69) is 4.18 Å². The Morgan fingerprint density at radius 1 is 1.05 bits per heavy atom. The molecule has 0 aliphatic carbocycles. The SMILES string of the molecule is Nc1cccc(OCc2ccc(OS(=O)(=O)F)cc2)c1. The molecule has 0 fully saturated rings. The van der Waals surface area contributed by atoms with E-state index in [1.54, 1.807) is 36.4 Å². The van der Waals surface area contributed by atoms with Crippen LogP contribution < -0.4 is 14.7 Å². The predicted octanol–water partition coefficient (Wildman–Crippen LogP) is 2.44. The van der Waals surface area contributed by atoms with E-state index in [1.807, 2.05) is 0 Å². The number of hydrogen-bond acceptors (Lipinski definition) is 5. The number of anilines is 1. The molecule has 5 nitrogen and oxygen atoms in total. The van der Waals surface area contributed by atoms with Crippen LogP contribution in [0.15, 0.2) is 48.5 Å². The monoisotopic (exact) mass is 297 g/mol. The van der Waals surface area contributed by atoms with E-state index in [9.17, 15) is 12.3 Å². The first-order valence-electron chi connectivity index (χ1n) is 5.64. The largest absolute Gasteiger partial charge is 0.489 e. The van der Waals surface area contributed by atoms with Gasteiger partial charge in [0.2, 0.25) is 0 Å². The van der Waals surface area contributed by atoms with Crippen LogP contribution in [0.5, 0.6) is 11.5 Å². The first-order chi connectivity index (χ1) is 9.42. The maximum atomic E-state index is 12.3. The molecule has 0 spiro atoms. The minimum absolute atomic E-state index is 0.0970. The van der Waals surface area contributed by atoms with Crippen LogP contribution in [0.3, 0.4) is 0 Å². The molecule has 0 heterocycles. The topological polar surface area (TPSA) is 78.6 Å². The number of halogens is 1. The number of hydrogen-bond donors (Lipinski definition) is 1. The Hall–Kier alpha value is -2.28. The van der Waals surface area contributed by atoms with Gasteiger partial charge in [-0.3, -0.25) is 0 Å². The van der Waals surface area contributed by atoms with Crippen LogP contribution in [-0.4, -0.2) is 8.42 Å². The van der Waals surface area contributed by atoms with E-state index in [0.717, 1.165) is 5.56 Å². The lowest BCUT2D eigenvalue weighted by molar-refractivity contribution is 0.306.